The van der Waals surface area contributed by atoms with Gasteiger partial charge in [-0.05, 0) is 42.7 Å². The lowest BCUT2D eigenvalue weighted by atomic mass is 10.2. The summed E-state index contributed by atoms with van der Waals surface area (Å²) in [6.45, 7) is 0.133. The first-order valence-electron chi connectivity index (χ1n) is 7.51. The van der Waals surface area contributed by atoms with Gasteiger partial charge in [0.25, 0.3) is 0 Å². The van der Waals surface area contributed by atoms with E-state index in [9.17, 15) is 17.2 Å². The number of halogens is 2. The molecule has 0 amide bonds. The van der Waals surface area contributed by atoms with Crippen molar-refractivity contribution < 1.29 is 21.9 Å². The van der Waals surface area contributed by atoms with Gasteiger partial charge in [0.05, 0.1) is 7.11 Å². The molecule has 0 radical (unpaired) electrons. The predicted molar refractivity (Wildman–Crippen MR) is 85.1 cm³/mol. The summed E-state index contributed by atoms with van der Waals surface area (Å²) in [6, 6.07) is 9.39. The van der Waals surface area contributed by atoms with Gasteiger partial charge in [0.1, 0.15) is 22.3 Å². The molecule has 0 heterocycles. The van der Waals surface area contributed by atoms with Crippen molar-refractivity contribution in [3.05, 3.63) is 59.7 Å². The van der Waals surface area contributed by atoms with Crippen molar-refractivity contribution in [2.45, 2.75) is 30.3 Å². The summed E-state index contributed by atoms with van der Waals surface area (Å²) in [7, 11) is -2.49. The molecule has 1 saturated carbocycles. The number of methoxy groups -OCH3 is 1. The summed E-state index contributed by atoms with van der Waals surface area (Å²) in [4.78, 5) is -0.496. The zero-order valence-corrected chi connectivity index (χ0v) is 13.9. The first-order chi connectivity index (χ1) is 11.4. The van der Waals surface area contributed by atoms with Gasteiger partial charge in [-0.15, -0.1) is 0 Å². The Morgan fingerprint density at radius 2 is 1.79 bits per heavy atom. The molecule has 2 aromatic rings. The van der Waals surface area contributed by atoms with Crippen molar-refractivity contribution in [2.24, 2.45) is 0 Å². The molecule has 4 nitrogen and oxygen atoms in total. The van der Waals surface area contributed by atoms with Gasteiger partial charge in [0, 0.05) is 18.7 Å². The maximum Gasteiger partial charge on any atom is 0.246 e. The van der Waals surface area contributed by atoms with Gasteiger partial charge in [-0.2, -0.15) is 4.31 Å². The molecule has 0 unspecified atom stereocenters. The number of benzene rings is 2. The minimum atomic E-state index is -4.04. The molecule has 128 valence electrons. The van der Waals surface area contributed by atoms with E-state index in [1.807, 2.05) is 0 Å². The highest BCUT2D eigenvalue weighted by Crippen LogP contribution is 2.34. The molecule has 0 aliphatic heterocycles. The fraction of sp³-hybridized carbons (Fsp3) is 0.294. The Hall–Kier alpha value is -1.99. The van der Waals surface area contributed by atoms with Crippen LogP contribution in [0.1, 0.15) is 18.4 Å². The minimum Gasteiger partial charge on any atom is -0.497 e. The second-order valence-electron chi connectivity index (χ2n) is 5.70. The predicted octanol–water partition coefficient (Wildman–Crippen LogP) is 3.33. The molecular formula is C17H17F2NO3S. The third-order valence-electron chi connectivity index (χ3n) is 3.93. The Labute approximate surface area is 139 Å². The average Bonchev–Trinajstić information content (AvgIpc) is 3.37. The Bertz CT molecular complexity index is 833. The third-order valence-corrected chi connectivity index (χ3v) is 5.86. The number of rotatable bonds is 6. The van der Waals surface area contributed by atoms with Gasteiger partial charge in [0.15, 0.2) is 0 Å². The molecule has 0 spiro atoms. The van der Waals surface area contributed by atoms with Crippen molar-refractivity contribution >= 4 is 10.0 Å². The van der Waals surface area contributed by atoms with E-state index in [4.69, 9.17) is 4.74 Å². The van der Waals surface area contributed by atoms with Gasteiger partial charge in [-0.3, -0.25) is 0 Å². The van der Waals surface area contributed by atoms with E-state index in [0.717, 1.165) is 30.5 Å². The van der Waals surface area contributed by atoms with Crippen molar-refractivity contribution in [3.63, 3.8) is 0 Å². The largest absolute Gasteiger partial charge is 0.497 e. The third kappa shape index (κ3) is 3.42. The lowest BCUT2D eigenvalue weighted by Crippen LogP contribution is -2.33. The fourth-order valence-corrected chi connectivity index (χ4v) is 4.21. The molecular weight excluding hydrogens is 336 g/mol. The van der Waals surface area contributed by atoms with Gasteiger partial charge >= 0.3 is 0 Å². The smallest absolute Gasteiger partial charge is 0.246 e. The number of hydrogen-bond acceptors (Lipinski definition) is 3. The number of sulfonamides is 1. The molecule has 2 aromatic carbocycles. The average molecular weight is 353 g/mol. The number of hydrogen-bond donors (Lipinski definition) is 0. The molecule has 0 atom stereocenters. The SMILES string of the molecule is COc1ccc(CN(C2CC2)S(=O)(=O)c2ccc(F)cc2F)cc1. The standard InChI is InChI=1S/C17H17F2NO3S/c1-23-15-7-2-12(3-8-15)11-20(14-5-6-14)24(21,22)17-9-4-13(18)10-16(17)19/h2-4,7-10,14H,5-6,11H2,1H3. The molecule has 24 heavy (non-hydrogen) atoms. The van der Waals surface area contributed by atoms with E-state index in [1.54, 1.807) is 31.4 Å². The molecule has 1 fully saturated rings. The molecule has 1 aliphatic rings. The van der Waals surface area contributed by atoms with Crippen LogP contribution in [0.3, 0.4) is 0 Å². The number of ether oxygens (including phenoxy) is 1. The van der Waals surface area contributed by atoms with Gasteiger partial charge in [-0.1, -0.05) is 12.1 Å². The first kappa shape index (κ1) is 16.9. The summed E-state index contributed by atoms with van der Waals surface area (Å²) in [5, 5.41) is 0. The van der Waals surface area contributed by atoms with E-state index in [0.29, 0.717) is 11.8 Å². The van der Waals surface area contributed by atoms with E-state index in [1.165, 1.54) is 4.31 Å². The van der Waals surface area contributed by atoms with E-state index in [2.05, 4.69) is 0 Å². The van der Waals surface area contributed by atoms with Crippen LogP contribution in [0.15, 0.2) is 47.4 Å². The quantitative estimate of drug-likeness (QED) is 0.800. The van der Waals surface area contributed by atoms with Crippen LogP contribution in [0, 0.1) is 11.6 Å². The van der Waals surface area contributed by atoms with E-state index in [-0.39, 0.29) is 12.6 Å². The topological polar surface area (TPSA) is 46.6 Å². The van der Waals surface area contributed by atoms with Crippen LogP contribution in [-0.4, -0.2) is 25.9 Å². The van der Waals surface area contributed by atoms with Crippen molar-refractivity contribution in [2.75, 3.05) is 7.11 Å². The summed E-state index contributed by atoms with van der Waals surface area (Å²) in [6.07, 6.45) is 1.47. The first-order valence-corrected chi connectivity index (χ1v) is 8.95. The second kappa shape index (κ2) is 6.49. The van der Waals surface area contributed by atoms with Crippen LogP contribution in [0.2, 0.25) is 0 Å². The fourth-order valence-electron chi connectivity index (χ4n) is 2.49. The van der Waals surface area contributed by atoms with Crippen molar-refractivity contribution in [1.29, 1.82) is 0 Å². The van der Waals surface area contributed by atoms with E-state index < -0.39 is 26.6 Å². The summed E-state index contributed by atoms with van der Waals surface area (Å²) < 4.78 is 59.0. The Balaban J connectivity index is 1.92. The maximum atomic E-state index is 14.0. The van der Waals surface area contributed by atoms with Crippen LogP contribution >= 0.6 is 0 Å². The molecule has 3 rings (SSSR count). The molecule has 0 bridgehead atoms. The number of nitrogens with zero attached hydrogens (tertiary/aromatic N) is 1. The van der Waals surface area contributed by atoms with Gasteiger partial charge in [-0.25, -0.2) is 17.2 Å². The molecule has 7 heteroatoms. The van der Waals surface area contributed by atoms with Crippen LogP contribution in [0.25, 0.3) is 0 Å². The van der Waals surface area contributed by atoms with Gasteiger partial charge in [0.2, 0.25) is 10.0 Å². The lowest BCUT2D eigenvalue weighted by molar-refractivity contribution is 0.393. The maximum absolute atomic E-state index is 14.0. The van der Waals surface area contributed by atoms with Crippen LogP contribution in [0.4, 0.5) is 8.78 Å². The van der Waals surface area contributed by atoms with E-state index >= 15 is 0 Å². The summed E-state index contributed by atoms with van der Waals surface area (Å²) >= 11 is 0. The molecule has 0 saturated heterocycles. The lowest BCUT2D eigenvalue weighted by Gasteiger charge is -2.22. The normalized spacial score (nSPS) is 14.8. The zero-order valence-electron chi connectivity index (χ0n) is 13.1. The minimum absolute atomic E-state index is 0.133. The Kier molecular flexibility index (Phi) is 4.56. The van der Waals surface area contributed by atoms with Crippen molar-refractivity contribution in [1.82, 2.24) is 4.31 Å². The van der Waals surface area contributed by atoms with Gasteiger partial charge < -0.3 is 4.74 Å². The molecule has 0 N–H and O–H groups in total. The van der Waals surface area contributed by atoms with Crippen LogP contribution in [-0.2, 0) is 16.6 Å². The highest BCUT2D eigenvalue weighted by Gasteiger charge is 2.39. The highest BCUT2D eigenvalue weighted by atomic mass is 32.2. The second-order valence-corrected chi connectivity index (χ2v) is 7.56. The molecule has 1 aliphatic carbocycles. The Morgan fingerprint density at radius 3 is 2.33 bits per heavy atom. The summed E-state index contributed by atoms with van der Waals surface area (Å²) in [5.74, 6) is -1.21. The van der Waals surface area contributed by atoms with Crippen molar-refractivity contribution in [3.8, 4) is 5.75 Å². The highest BCUT2D eigenvalue weighted by molar-refractivity contribution is 7.89. The monoisotopic (exact) mass is 353 g/mol. The summed E-state index contributed by atoms with van der Waals surface area (Å²) in [5.41, 5.74) is 0.772. The Morgan fingerprint density at radius 1 is 1.12 bits per heavy atom. The van der Waals surface area contributed by atoms with Crippen LogP contribution < -0.4 is 4.74 Å². The zero-order chi connectivity index (χ0) is 17.3. The van der Waals surface area contributed by atoms with Crippen LogP contribution in [0.5, 0.6) is 5.75 Å². The molecule has 0 aromatic heterocycles.